The van der Waals surface area contributed by atoms with Gasteiger partial charge in [0.25, 0.3) is 0 Å². The van der Waals surface area contributed by atoms with Gasteiger partial charge in [-0.25, -0.2) is 4.79 Å². The molecular formula is C14H19N3O3. The monoisotopic (exact) mass is 277 g/mol. The standard InChI is InChI=1S/C14H19N3O3/c18-13(19)9-12(11-1-2-11)17-14(20)16-8-5-10-3-6-15-7-4-10/h3-4,6-7,11-12H,1-2,5,8-9H2,(H,18,19)(H2,16,17,20). The maximum atomic E-state index is 11.7. The van der Waals surface area contributed by atoms with Crippen LogP contribution in [0.3, 0.4) is 0 Å². The fourth-order valence-electron chi connectivity index (χ4n) is 2.11. The van der Waals surface area contributed by atoms with E-state index in [1.807, 2.05) is 12.1 Å². The lowest BCUT2D eigenvalue weighted by Gasteiger charge is -2.16. The minimum Gasteiger partial charge on any atom is -0.481 e. The van der Waals surface area contributed by atoms with Crippen LogP contribution < -0.4 is 10.6 Å². The number of carboxylic acids is 1. The lowest BCUT2D eigenvalue weighted by Crippen LogP contribution is -2.44. The van der Waals surface area contributed by atoms with Gasteiger partial charge in [0, 0.05) is 25.0 Å². The maximum absolute atomic E-state index is 11.7. The van der Waals surface area contributed by atoms with E-state index in [1.165, 1.54) is 0 Å². The van der Waals surface area contributed by atoms with Gasteiger partial charge in [0.05, 0.1) is 6.42 Å². The first kappa shape index (κ1) is 14.3. The summed E-state index contributed by atoms with van der Waals surface area (Å²) in [6.45, 7) is 0.514. The molecule has 0 saturated heterocycles. The van der Waals surface area contributed by atoms with Gasteiger partial charge in [0.2, 0.25) is 0 Å². The molecule has 1 fully saturated rings. The van der Waals surface area contributed by atoms with E-state index in [1.54, 1.807) is 12.4 Å². The highest BCUT2D eigenvalue weighted by Gasteiger charge is 2.33. The zero-order valence-corrected chi connectivity index (χ0v) is 11.2. The number of rotatable bonds is 7. The van der Waals surface area contributed by atoms with E-state index in [4.69, 9.17) is 5.11 Å². The number of carbonyl (C=O) groups excluding carboxylic acids is 1. The number of pyridine rings is 1. The zero-order valence-electron chi connectivity index (χ0n) is 11.2. The molecule has 1 aliphatic rings. The first-order chi connectivity index (χ1) is 9.65. The normalized spacial score (nSPS) is 15.4. The molecule has 0 bridgehead atoms. The Kier molecular flexibility index (Phi) is 4.92. The number of hydrogen-bond donors (Lipinski definition) is 3. The lowest BCUT2D eigenvalue weighted by atomic mass is 10.1. The molecule has 1 aliphatic carbocycles. The third-order valence-electron chi connectivity index (χ3n) is 3.35. The predicted molar refractivity (Wildman–Crippen MR) is 73.2 cm³/mol. The maximum Gasteiger partial charge on any atom is 0.315 e. The van der Waals surface area contributed by atoms with Crippen molar-refractivity contribution in [3.8, 4) is 0 Å². The molecule has 20 heavy (non-hydrogen) atoms. The van der Waals surface area contributed by atoms with Crippen molar-refractivity contribution in [2.45, 2.75) is 31.7 Å². The smallest absolute Gasteiger partial charge is 0.315 e. The molecule has 3 N–H and O–H groups in total. The van der Waals surface area contributed by atoms with Crippen molar-refractivity contribution in [3.63, 3.8) is 0 Å². The molecule has 0 aliphatic heterocycles. The number of carboxylic acid groups (broad SMARTS) is 1. The van der Waals surface area contributed by atoms with E-state index < -0.39 is 5.97 Å². The molecule has 2 rings (SSSR count). The van der Waals surface area contributed by atoms with E-state index in [9.17, 15) is 9.59 Å². The van der Waals surface area contributed by atoms with Crippen molar-refractivity contribution < 1.29 is 14.7 Å². The Morgan fingerprint density at radius 2 is 2.05 bits per heavy atom. The topological polar surface area (TPSA) is 91.3 Å². The summed E-state index contributed by atoms with van der Waals surface area (Å²) >= 11 is 0. The van der Waals surface area contributed by atoms with Gasteiger partial charge in [-0.05, 0) is 42.9 Å². The van der Waals surface area contributed by atoms with Crippen LogP contribution in [0.4, 0.5) is 4.79 Å². The number of nitrogens with zero attached hydrogens (tertiary/aromatic N) is 1. The number of hydrogen-bond acceptors (Lipinski definition) is 3. The fourth-order valence-corrected chi connectivity index (χ4v) is 2.11. The summed E-state index contributed by atoms with van der Waals surface area (Å²) in [6.07, 6.45) is 6.13. The van der Waals surface area contributed by atoms with E-state index >= 15 is 0 Å². The largest absolute Gasteiger partial charge is 0.481 e. The van der Waals surface area contributed by atoms with Crippen molar-refractivity contribution >= 4 is 12.0 Å². The molecule has 2 amide bonds. The summed E-state index contributed by atoms with van der Waals surface area (Å²) < 4.78 is 0. The van der Waals surface area contributed by atoms with Gasteiger partial charge in [-0.15, -0.1) is 0 Å². The van der Waals surface area contributed by atoms with Crippen molar-refractivity contribution in [2.24, 2.45) is 5.92 Å². The van der Waals surface area contributed by atoms with Gasteiger partial charge in [-0.3, -0.25) is 9.78 Å². The molecule has 1 heterocycles. The molecule has 6 nitrogen and oxygen atoms in total. The number of aromatic nitrogens is 1. The van der Waals surface area contributed by atoms with Crippen molar-refractivity contribution in [3.05, 3.63) is 30.1 Å². The van der Waals surface area contributed by atoms with Gasteiger partial charge in [-0.1, -0.05) is 0 Å². The number of aliphatic carboxylic acids is 1. The molecule has 1 aromatic rings. The summed E-state index contributed by atoms with van der Waals surface area (Å²) in [7, 11) is 0. The summed E-state index contributed by atoms with van der Waals surface area (Å²) in [4.78, 5) is 26.4. The van der Waals surface area contributed by atoms with Gasteiger partial charge < -0.3 is 15.7 Å². The molecular weight excluding hydrogens is 258 g/mol. The Morgan fingerprint density at radius 3 is 2.65 bits per heavy atom. The second-order valence-electron chi connectivity index (χ2n) is 5.05. The Morgan fingerprint density at radius 1 is 1.35 bits per heavy atom. The van der Waals surface area contributed by atoms with Gasteiger partial charge in [0.1, 0.15) is 0 Å². The van der Waals surface area contributed by atoms with E-state index in [2.05, 4.69) is 15.6 Å². The zero-order chi connectivity index (χ0) is 14.4. The van der Waals surface area contributed by atoms with Crippen LogP contribution in [0.5, 0.6) is 0 Å². The van der Waals surface area contributed by atoms with Crippen LogP contribution in [0.2, 0.25) is 0 Å². The third-order valence-corrected chi connectivity index (χ3v) is 3.35. The SMILES string of the molecule is O=C(O)CC(NC(=O)NCCc1ccncc1)C1CC1. The van der Waals surface area contributed by atoms with Gasteiger partial charge >= 0.3 is 12.0 Å². The lowest BCUT2D eigenvalue weighted by molar-refractivity contribution is -0.137. The summed E-state index contributed by atoms with van der Waals surface area (Å²) in [6, 6.07) is 3.25. The highest BCUT2D eigenvalue weighted by atomic mass is 16.4. The Hall–Kier alpha value is -2.11. The minimum absolute atomic E-state index is 0.0115. The molecule has 1 unspecified atom stereocenters. The van der Waals surface area contributed by atoms with Crippen LogP contribution in [0, 0.1) is 5.92 Å². The van der Waals surface area contributed by atoms with Crippen LogP contribution in [0.1, 0.15) is 24.8 Å². The quantitative estimate of drug-likeness (QED) is 0.698. The molecule has 0 aromatic carbocycles. The van der Waals surface area contributed by atoms with E-state index in [0.29, 0.717) is 12.5 Å². The number of carbonyl (C=O) groups is 2. The number of amides is 2. The average Bonchev–Trinajstić information content (AvgIpc) is 3.23. The summed E-state index contributed by atoms with van der Waals surface area (Å²) in [5, 5.41) is 14.3. The van der Waals surface area contributed by atoms with Crippen molar-refractivity contribution in [2.75, 3.05) is 6.54 Å². The minimum atomic E-state index is -0.876. The predicted octanol–water partition coefficient (Wildman–Crippen LogP) is 1.18. The Labute approximate surface area is 117 Å². The second kappa shape index (κ2) is 6.88. The van der Waals surface area contributed by atoms with Crippen LogP contribution in [-0.2, 0) is 11.2 Å². The Bertz CT molecular complexity index is 460. The highest BCUT2D eigenvalue weighted by Crippen LogP contribution is 2.33. The van der Waals surface area contributed by atoms with Crippen molar-refractivity contribution in [1.82, 2.24) is 15.6 Å². The highest BCUT2D eigenvalue weighted by molar-refractivity contribution is 5.75. The second-order valence-corrected chi connectivity index (χ2v) is 5.05. The van der Waals surface area contributed by atoms with Crippen molar-refractivity contribution in [1.29, 1.82) is 0 Å². The number of urea groups is 1. The number of nitrogens with one attached hydrogen (secondary N) is 2. The molecule has 1 aromatic heterocycles. The average molecular weight is 277 g/mol. The summed E-state index contributed by atoms with van der Waals surface area (Å²) in [5.74, 6) is -0.559. The molecule has 6 heteroatoms. The first-order valence-corrected chi connectivity index (χ1v) is 6.80. The van der Waals surface area contributed by atoms with Crippen LogP contribution in [0.25, 0.3) is 0 Å². The van der Waals surface area contributed by atoms with E-state index in [0.717, 1.165) is 24.8 Å². The van der Waals surface area contributed by atoms with E-state index in [-0.39, 0.29) is 18.5 Å². The summed E-state index contributed by atoms with van der Waals surface area (Å²) in [5.41, 5.74) is 1.10. The Balaban J connectivity index is 1.70. The van der Waals surface area contributed by atoms with Gasteiger partial charge in [0.15, 0.2) is 0 Å². The van der Waals surface area contributed by atoms with Crippen LogP contribution in [-0.4, -0.2) is 34.7 Å². The molecule has 0 radical (unpaired) electrons. The van der Waals surface area contributed by atoms with Gasteiger partial charge in [-0.2, -0.15) is 0 Å². The van der Waals surface area contributed by atoms with Crippen LogP contribution in [0.15, 0.2) is 24.5 Å². The third kappa shape index (κ3) is 4.87. The molecule has 108 valence electrons. The molecule has 0 spiro atoms. The van der Waals surface area contributed by atoms with Crippen LogP contribution >= 0.6 is 0 Å². The molecule has 1 saturated carbocycles. The first-order valence-electron chi connectivity index (χ1n) is 6.80. The fraction of sp³-hybridized carbons (Fsp3) is 0.500. The molecule has 1 atom stereocenters.